The van der Waals surface area contributed by atoms with E-state index in [1.165, 1.54) is 16.8 Å². The van der Waals surface area contributed by atoms with Crippen molar-refractivity contribution in [1.82, 2.24) is 14.7 Å². The van der Waals surface area contributed by atoms with Crippen molar-refractivity contribution in [3.63, 3.8) is 0 Å². The quantitative estimate of drug-likeness (QED) is 0.928. The van der Waals surface area contributed by atoms with Crippen LogP contribution in [-0.2, 0) is 4.79 Å². The highest BCUT2D eigenvalue weighted by Crippen LogP contribution is 2.18. The van der Waals surface area contributed by atoms with Crippen LogP contribution >= 0.6 is 0 Å². The van der Waals surface area contributed by atoms with E-state index >= 15 is 0 Å². The molecule has 0 aliphatic carbocycles. The Morgan fingerprint density at radius 3 is 2.65 bits per heavy atom. The minimum atomic E-state index is -0.376. The van der Waals surface area contributed by atoms with Crippen molar-refractivity contribution in [2.75, 3.05) is 13.1 Å². The van der Waals surface area contributed by atoms with Gasteiger partial charge in [0.15, 0.2) is 5.69 Å². The minimum Gasteiger partial charge on any atom is -0.369 e. The van der Waals surface area contributed by atoms with Gasteiger partial charge in [-0.2, -0.15) is 5.10 Å². The summed E-state index contributed by atoms with van der Waals surface area (Å²) in [6, 6.07) is 7.45. The molecule has 1 saturated heterocycles. The molecule has 2 N–H and O–H groups in total. The third kappa shape index (κ3) is 3.23. The average Bonchev–Trinajstić information content (AvgIpc) is 3.05. The van der Waals surface area contributed by atoms with E-state index in [0.29, 0.717) is 30.9 Å². The molecule has 0 radical (unpaired) electrons. The second kappa shape index (κ2) is 6.20. The molecule has 1 unspecified atom stereocenters. The summed E-state index contributed by atoms with van der Waals surface area (Å²) < 4.78 is 14.5. The first-order valence-corrected chi connectivity index (χ1v) is 7.45. The number of halogens is 1. The van der Waals surface area contributed by atoms with Gasteiger partial charge >= 0.3 is 0 Å². The third-order valence-electron chi connectivity index (χ3n) is 4.01. The van der Waals surface area contributed by atoms with Crippen molar-refractivity contribution >= 4 is 11.8 Å². The van der Waals surface area contributed by atoms with Gasteiger partial charge in [0.2, 0.25) is 5.91 Å². The third-order valence-corrected chi connectivity index (χ3v) is 4.01. The molecule has 0 saturated carbocycles. The van der Waals surface area contributed by atoms with E-state index in [2.05, 4.69) is 5.10 Å². The predicted molar refractivity (Wildman–Crippen MR) is 81.3 cm³/mol. The molecule has 1 aliphatic heterocycles. The molecule has 1 aliphatic rings. The Bertz CT molecular complexity index is 726. The van der Waals surface area contributed by atoms with Gasteiger partial charge in [-0.15, -0.1) is 0 Å². The van der Waals surface area contributed by atoms with Crippen LogP contribution in [0.5, 0.6) is 0 Å². The zero-order valence-electron chi connectivity index (χ0n) is 12.5. The maximum atomic E-state index is 13.0. The number of piperidine rings is 1. The number of aromatic nitrogens is 2. The molecule has 120 valence electrons. The summed E-state index contributed by atoms with van der Waals surface area (Å²) in [5.74, 6) is -1.23. The lowest BCUT2D eigenvalue weighted by atomic mass is 9.97. The van der Waals surface area contributed by atoms with E-state index < -0.39 is 0 Å². The Morgan fingerprint density at radius 2 is 1.96 bits per heavy atom. The fourth-order valence-electron chi connectivity index (χ4n) is 2.73. The van der Waals surface area contributed by atoms with E-state index in [-0.39, 0.29) is 23.5 Å². The standard InChI is InChI=1S/C16H17FN4O2/c17-12-3-5-13(6-4-12)21-9-7-14(19-21)16(23)20-8-1-2-11(10-20)15(18)22/h3-7,9,11H,1-2,8,10H2,(H2,18,22). The molecular formula is C16H17FN4O2. The first kappa shape index (κ1) is 15.2. The summed E-state index contributed by atoms with van der Waals surface area (Å²) in [6.07, 6.45) is 3.11. The van der Waals surface area contributed by atoms with Gasteiger partial charge in [-0.3, -0.25) is 9.59 Å². The van der Waals surface area contributed by atoms with Gasteiger partial charge < -0.3 is 10.6 Å². The maximum absolute atomic E-state index is 13.0. The normalized spacial score (nSPS) is 18.0. The van der Waals surface area contributed by atoms with E-state index in [1.807, 2.05) is 0 Å². The van der Waals surface area contributed by atoms with Crippen LogP contribution in [-0.4, -0.2) is 39.6 Å². The van der Waals surface area contributed by atoms with Gasteiger partial charge in [-0.1, -0.05) is 0 Å². The van der Waals surface area contributed by atoms with E-state index in [0.717, 1.165) is 6.42 Å². The van der Waals surface area contributed by atoms with Crippen molar-refractivity contribution in [3.8, 4) is 5.69 Å². The van der Waals surface area contributed by atoms with Crippen LogP contribution in [0.15, 0.2) is 36.5 Å². The van der Waals surface area contributed by atoms with Crippen LogP contribution in [0.1, 0.15) is 23.3 Å². The number of amides is 2. The van der Waals surface area contributed by atoms with Crippen LogP contribution in [0.25, 0.3) is 5.69 Å². The molecule has 23 heavy (non-hydrogen) atoms. The SMILES string of the molecule is NC(=O)C1CCCN(C(=O)c2ccn(-c3ccc(F)cc3)n2)C1. The molecule has 0 spiro atoms. The average molecular weight is 316 g/mol. The molecular weight excluding hydrogens is 299 g/mol. The van der Waals surface area contributed by atoms with Crippen LogP contribution in [0.3, 0.4) is 0 Å². The molecule has 1 fully saturated rings. The van der Waals surface area contributed by atoms with E-state index in [1.54, 1.807) is 29.3 Å². The smallest absolute Gasteiger partial charge is 0.274 e. The number of carbonyl (C=O) groups is 2. The molecule has 1 aromatic carbocycles. The lowest BCUT2D eigenvalue weighted by Crippen LogP contribution is -2.44. The monoisotopic (exact) mass is 316 g/mol. The van der Waals surface area contributed by atoms with Crippen LogP contribution < -0.4 is 5.73 Å². The maximum Gasteiger partial charge on any atom is 0.274 e. The summed E-state index contributed by atoms with van der Waals surface area (Å²) in [7, 11) is 0. The number of nitrogens with two attached hydrogens (primary N) is 1. The Balaban J connectivity index is 1.75. The number of carbonyl (C=O) groups excluding carboxylic acids is 2. The van der Waals surface area contributed by atoms with Crippen molar-refractivity contribution in [2.45, 2.75) is 12.8 Å². The van der Waals surface area contributed by atoms with Gasteiger partial charge in [-0.25, -0.2) is 9.07 Å². The second-order valence-corrected chi connectivity index (χ2v) is 5.61. The molecule has 3 rings (SSSR count). The fourth-order valence-corrected chi connectivity index (χ4v) is 2.73. The molecule has 0 bridgehead atoms. The first-order valence-electron chi connectivity index (χ1n) is 7.45. The summed E-state index contributed by atoms with van der Waals surface area (Å²) in [4.78, 5) is 25.4. The molecule has 7 heteroatoms. The highest BCUT2D eigenvalue weighted by Gasteiger charge is 2.28. The van der Waals surface area contributed by atoms with Crippen molar-refractivity contribution in [1.29, 1.82) is 0 Å². The Kier molecular flexibility index (Phi) is 4.10. The summed E-state index contributed by atoms with van der Waals surface area (Å²) in [5, 5.41) is 4.24. The van der Waals surface area contributed by atoms with Gasteiger partial charge in [-0.05, 0) is 43.2 Å². The zero-order valence-corrected chi connectivity index (χ0v) is 12.5. The molecule has 2 amide bonds. The number of benzene rings is 1. The Morgan fingerprint density at radius 1 is 1.22 bits per heavy atom. The molecule has 1 aromatic heterocycles. The van der Waals surface area contributed by atoms with Gasteiger partial charge in [0.05, 0.1) is 11.6 Å². The summed E-state index contributed by atoms with van der Waals surface area (Å²) in [6.45, 7) is 0.920. The predicted octanol–water partition coefficient (Wildman–Crippen LogP) is 1.35. The van der Waals surface area contributed by atoms with Gasteiger partial charge in [0.1, 0.15) is 5.82 Å². The minimum absolute atomic E-state index is 0.225. The molecule has 2 heterocycles. The number of rotatable bonds is 3. The second-order valence-electron chi connectivity index (χ2n) is 5.61. The number of likely N-dealkylation sites (tertiary alicyclic amines) is 1. The molecule has 2 aromatic rings. The molecule has 1 atom stereocenters. The van der Waals surface area contributed by atoms with E-state index in [9.17, 15) is 14.0 Å². The summed E-state index contributed by atoms with van der Waals surface area (Å²) in [5.41, 5.74) is 6.29. The van der Waals surface area contributed by atoms with Crippen LogP contribution in [0.4, 0.5) is 4.39 Å². The Labute approximate surface area is 132 Å². The fraction of sp³-hybridized carbons (Fsp3) is 0.312. The number of hydrogen-bond donors (Lipinski definition) is 1. The lowest BCUT2D eigenvalue weighted by molar-refractivity contribution is -0.123. The zero-order chi connectivity index (χ0) is 16.4. The number of primary amides is 1. The topological polar surface area (TPSA) is 81.2 Å². The van der Waals surface area contributed by atoms with Gasteiger partial charge in [0, 0.05) is 19.3 Å². The van der Waals surface area contributed by atoms with Crippen molar-refractivity contribution in [2.24, 2.45) is 11.7 Å². The van der Waals surface area contributed by atoms with Crippen LogP contribution in [0.2, 0.25) is 0 Å². The summed E-state index contributed by atoms with van der Waals surface area (Å²) >= 11 is 0. The number of hydrogen-bond acceptors (Lipinski definition) is 3. The van der Waals surface area contributed by atoms with Gasteiger partial charge in [0.25, 0.3) is 5.91 Å². The highest BCUT2D eigenvalue weighted by molar-refractivity contribution is 5.92. The van der Waals surface area contributed by atoms with Crippen LogP contribution in [0, 0.1) is 11.7 Å². The first-order chi connectivity index (χ1) is 11.0. The number of nitrogens with zero attached hydrogens (tertiary/aromatic N) is 3. The Hall–Kier alpha value is -2.70. The van der Waals surface area contributed by atoms with Crippen molar-refractivity contribution in [3.05, 3.63) is 48.0 Å². The highest BCUT2D eigenvalue weighted by atomic mass is 19.1. The largest absolute Gasteiger partial charge is 0.369 e. The van der Waals surface area contributed by atoms with E-state index in [4.69, 9.17) is 5.73 Å². The lowest BCUT2D eigenvalue weighted by Gasteiger charge is -2.30. The molecule has 6 nitrogen and oxygen atoms in total. The van der Waals surface area contributed by atoms with Crippen molar-refractivity contribution < 1.29 is 14.0 Å².